The van der Waals surface area contributed by atoms with Crippen LogP contribution in [0.4, 0.5) is 5.69 Å². The van der Waals surface area contributed by atoms with Crippen LogP contribution >= 0.6 is 0 Å². The monoisotopic (exact) mass is 404 g/mol. The van der Waals surface area contributed by atoms with Crippen molar-refractivity contribution in [2.45, 2.75) is 51.0 Å². The van der Waals surface area contributed by atoms with E-state index in [9.17, 15) is 16.8 Å². The fourth-order valence-electron chi connectivity index (χ4n) is 2.79. The van der Waals surface area contributed by atoms with Gasteiger partial charge >= 0.3 is 0 Å². The van der Waals surface area contributed by atoms with Crippen molar-refractivity contribution in [3.63, 3.8) is 0 Å². The molecule has 1 aliphatic rings. The molecule has 0 saturated carbocycles. The number of nitrogens with zero attached hydrogens (tertiary/aromatic N) is 1. The zero-order valence-electron chi connectivity index (χ0n) is 15.6. The largest absolute Gasteiger partial charge is 0.379 e. The Balaban J connectivity index is 2.15. The van der Waals surface area contributed by atoms with Crippen molar-refractivity contribution >= 4 is 25.7 Å². The van der Waals surface area contributed by atoms with Crippen LogP contribution < -0.4 is 9.03 Å². The second-order valence-corrected chi connectivity index (χ2v) is 10.5. The molecule has 0 aromatic heterocycles. The van der Waals surface area contributed by atoms with Gasteiger partial charge in [-0.3, -0.25) is 4.31 Å². The van der Waals surface area contributed by atoms with Crippen LogP contribution in [0.3, 0.4) is 0 Å². The van der Waals surface area contributed by atoms with Crippen LogP contribution in [0.5, 0.6) is 0 Å². The molecule has 0 unspecified atom stereocenters. The Hall–Kier alpha value is -1.16. The minimum atomic E-state index is -3.72. The van der Waals surface area contributed by atoms with Gasteiger partial charge in [-0.2, -0.15) is 0 Å². The maximum atomic E-state index is 12.6. The van der Waals surface area contributed by atoms with Gasteiger partial charge in [0.05, 0.1) is 22.4 Å². The third-order valence-electron chi connectivity index (χ3n) is 4.16. The number of rotatable bonds is 8. The first kappa shape index (κ1) is 21.1. The van der Waals surface area contributed by atoms with Crippen LogP contribution in [-0.4, -0.2) is 48.4 Å². The molecule has 26 heavy (non-hydrogen) atoms. The molecule has 1 N–H and O–H groups in total. The molecule has 2 rings (SSSR count). The summed E-state index contributed by atoms with van der Waals surface area (Å²) in [6.45, 7) is 6.67. The summed E-state index contributed by atoms with van der Waals surface area (Å²) < 4.78 is 59.1. The van der Waals surface area contributed by atoms with Crippen molar-refractivity contribution in [2.75, 3.05) is 29.8 Å². The molecule has 0 atom stereocenters. The molecule has 0 spiro atoms. The summed E-state index contributed by atoms with van der Waals surface area (Å²) in [5.41, 5.74) is 0.980. The number of benzene rings is 1. The lowest BCUT2D eigenvalue weighted by atomic mass is 10.2. The fourth-order valence-corrected chi connectivity index (χ4v) is 5.76. The van der Waals surface area contributed by atoms with Gasteiger partial charge in [-0.15, -0.1) is 0 Å². The number of hydrogen-bond acceptors (Lipinski definition) is 5. The number of anilines is 1. The lowest BCUT2D eigenvalue weighted by molar-refractivity contribution is 0.0778. The van der Waals surface area contributed by atoms with Gasteiger partial charge in [0, 0.05) is 19.7 Å². The van der Waals surface area contributed by atoms with Gasteiger partial charge < -0.3 is 4.74 Å². The van der Waals surface area contributed by atoms with E-state index in [0.717, 1.165) is 6.42 Å². The molecule has 7 nitrogen and oxygen atoms in total. The van der Waals surface area contributed by atoms with Crippen molar-refractivity contribution < 1.29 is 21.6 Å². The highest BCUT2D eigenvalue weighted by Gasteiger charge is 2.27. The van der Waals surface area contributed by atoms with Crippen LogP contribution in [0.1, 0.15) is 38.7 Å². The van der Waals surface area contributed by atoms with Crippen molar-refractivity contribution in [3.8, 4) is 0 Å². The lowest BCUT2D eigenvalue weighted by Crippen LogP contribution is -2.38. The van der Waals surface area contributed by atoms with Crippen LogP contribution in [0.15, 0.2) is 23.1 Å². The summed E-state index contributed by atoms with van der Waals surface area (Å²) in [5.74, 6) is 0.0943. The summed E-state index contributed by atoms with van der Waals surface area (Å²) in [5, 5.41) is 0. The Kier molecular flexibility index (Phi) is 7.06. The van der Waals surface area contributed by atoms with E-state index in [1.54, 1.807) is 19.1 Å². The molecule has 1 aliphatic heterocycles. The molecular weight excluding hydrogens is 376 g/mol. The number of nitrogens with one attached hydrogen (secondary N) is 1. The minimum absolute atomic E-state index is 0.0943. The van der Waals surface area contributed by atoms with Crippen molar-refractivity contribution in [1.82, 2.24) is 4.72 Å². The van der Waals surface area contributed by atoms with Gasteiger partial charge in [0.25, 0.3) is 0 Å². The fraction of sp³-hybridized carbons (Fsp3) is 0.647. The molecular formula is C17H28N2O5S2. The summed E-state index contributed by atoms with van der Waals surface area (Å²) in [7, 11) is -7.10. The molecule has 0 amide bonds. The van der Waals surface area contributed by atoms with Crippen LogP contribution in [-0.2, 0) is 24.8 Å². The van der Waals surface area contributed by atoms with E-state index < -0.39 is 20.0 Å². The molecule has 0 radical (unpaired) electrons. The van der Waals surface area contributed by atoms with E-state index in [4.69, 9.17) is 4.74 Å². The van der Waals surface area contributed by atoms with E-state index in [0.29, 0.717) is 37.2 Å². The van der Waals surface area contributed by atoms with Crippen molar-refractivity contribution in [2.24, 2.45) is 0 Å². The summed E-state index contributed by atoms with van der Waals surface area (Å²) in [6, 6.07) is 4.76. The molecule has 148 valence electrons. The first-order valence-corrected chi connectivity index (χ1v) is 11.9. The summed E-state index contributed by atoms with van der Waals surface area (Å²) in [6.07, 6.45) is 2.08. The topological polar surface area (TPSA) is 92.8 Å². The van der Waals surface area contributed by atoms with Gasteiger partial charge in [-0.05, 0) is 57.7 Å². The Labute approximate surface area is 156 Å². The molecule has 0 bridgehead atoms. The molecule has 1 heterocycles. The molecule has 1 fully saturated rings. The third-order valence-corrected chi connectivity index (χ3v) is 7.64. The second kappa shape index (κ2) is 8.69. The Morgan fingerprint density at radius 3 is 2.65 bits per heavy atom. The lowest BCUT2D eigenvalue weighted by Gasteiger charge is -2.28. The highest BCUT2D eigenvalue weighted by atomic mass is 32.2. The zero-order chi connectivity index (χ0) is 19.4. The molecule has 9 heteroatoms. The smallest absolute Gasteiger partial charge is 0.240 e. The van der Waals surface area contributed by atoms with E-state index in [2.05, 4.69) is 4.72 Å². The normalized spacial score (nSPS) is 17.6. The molecule has 0 aliphatic carbocycles. The summed E-state index contributed by atoms with van der Waals surface area (Å²) in [4.78, 5) is 0.112. The molecule has 1 saturated heterocycles. The van der Waals surface area contributed by atoms with Crippen LogP contribution in [0.2, 0.25) is 0 Å². The van der Waals surface area contributed by atoms with E-state index in [1.165, 1.54) is 10.4 Å². The first-order valence-electron chi connectivity index (χ1n) is 8.86. The molecule has 1 aromatic carbocycles. The van der Waals surface area contributed by atoms with Gasteiger partial charge in [0.2, 0.25) is 20.0 Å². The van der Waals surface area contributed by atoms with Crippen LogP contribution in [0.25, 0.3) is 0 Å². The second-order valence-electron chi connectivity index (χ2n) is 6.72. The number of ether oxygens (including phenoxy) is 1. The average molecular weight is 405 g/mol. The first-order chi connectivity index (χ1) is 12.1. The van der Waals surface area contributed by atoms with Crippen LogP contribution in [0, 0.1) is 6.92 Å². The number of aryl methyl sites for hydroxylation is 1. The number of sulfonamides is 2. The third kappa shape index (κ3) is 5.42. The minimum Gasteiger partial charge on any atom is -0.379 e. The van der Waals surface area contributed by atoms with E-state index >= 15 is 0 Å². The van der Waals surface area contributed by atoms with Crippen molar-refractivity contribution in [1.29, 1.82) is 0 Å². The summed E-state index contributed by atoms with van der Waals surface area (Å²) >= 11 is 0. The Morgan fingerprint density at radius 1 is 1.27 bits per heavy atom. The Morgan fingerprint density at radius 2 is 2.00 bits per heavy atom. The van der Waals surface area contributed by atoms with Gasteiger partial charge in [-0.1, -0.05) is 6.07 Å². The predicted molar refractivity (Wildman–Crippen MR) is 102 cm³/mol. The standard InChI is InChI=1S/C17H28N2O5S2/c1-14(2)24-11-6-9-18-26(22,23)17-13-16(8-7-15(17)3)19-10-4-5-12-25(19,20)21/h7-8,13-14,18H,4-6,9-12H2,1-3H3. The van der Waals surface area contributed by atoms with Gasteiger partial charge in [0.1, 0.15) is 0 Å². The SMILES string of the molecule is Cc1ccc(N2CCCCS2(=O)=O)cc1S(=O)(=O)NCCCOC(C)C. The van der Waals surface area contributed by atoms with Gasteiger partial charge in [0.15, 0.2) is 0 Å². The molecule has 1 aromatic rings. The van der Waals surface area contributed by atoms with Gasteiger partial charge in [-0.25, -0.2) is 21.6 Å². The maximum Gasteiger partial charge on any atom is 0.240 e. The highest BCUT2D eigenvalue weighted by molar-refractivity contribution is 7.92. The number of hydrogen-bond donors (Lipinski definition) is 1. The maximum absolute atomic E-state index is 12.6. The van der Waals surface area contributed by atoms with E-state index in [-0.39, 0.29) is 23.3 Å². The van der Waals surface area contributed by atoms with E-state index in [1.807, 2.05) is 13.8 Å². The quantitative estimate of drug-likeness (QED) is 0.669. The average Bonchev–Trinajstić information content (AvgIpc) is 2.54. The predicted octanol–water partition coefficient (Wildman–Crippen LogP) is 2.02. The Bertz CT molecular complexity index is 820. The highest BCUT2D eigenvalue weighted by Crippen LogP contribution is 2.27. The van der Waals surface area contributed by atoms with Crippen molar-refractivity contribution in [3.05, 3.63) is 23.8 Å². The zero-order valence-corrected chi connectivity index (χ0v) is 17.2.